The number of hydrogen-bond acceptors (Lipinski definition) is 2. The van der Waals surface area contributed by atoms with Crippen molar-refractivity contribution < 1.29 is 0 Å². The van der Waals surface area contributed by atoms with Gasteiger partial charge in [-0.05, 0) is 32.4 Å². The number of rotatable bonds is 6. The van der Waals surface area contributed by atoms with Crippen LogP contribution in [0.1, 0.15) is 43.9 Å². The average Bonchev–Trinajstić information content (AvgIpc) is 2.34. The van der Waals surface area contributed by atoms with Gasteiger partial charge in [0.05, 0.1) is 0 Å². The molecule has 1 unspecified atom stereocenters. The van der Waals surface area contributed by atoms with Gasteiger partial charge < -0.3 is 5.73 Å². The summed E-state index contributed by atoms with van der Waals surface area (Å²) < 4.78 is 0. The quantitative estimate of drug-likeness (QED) is 0.819. The summed E-state index contributed by atoms with van der Waals surface area (Å²) in [6.07, 6.45) is 2.35. The molecule has 17 heavy (non-hydrogen) atoms. The molecule has 0 amide bonds. The van der Waals surface area contributed by atoms with Gasteiger partial charge in [-0.1, -0.05) is 43.7 Å². The Morgan fingerprint density at radius 3 is 2.06 bits per heavy atom. The van der Waals surface area contributed by atoms with Gasteiger partial charge in [-0.3, -0.25) is 4.90 Å². The maximum Gasteiger partial charge on any atom is 0.0470 e. The molecule has 2 nitrogen and oxygen atoms in total. The number of aryl methyl sites for hydroxylation is 1. The molecule has 0 radical (unpaired) electrons. The second-order valence-electron chi connectivity index (χ2n) is 4.80. The largest absolute Gasteiger partial charge is 0.329 e. The minimum absolute atomic E-state index is 0.334. The van der Waals surface area contributed by atoms with Crippen molar-refractivity contribution in [3.8, 4) is 0 Å². The normalized spacial score (nSPS) is 13.4. The van der Waals surface area contributed by atoms with Gasteiger partial charge in [0, 0.05) is 18.6 Å². The monoisotopic (exact) mass is 234 g/mol. The van der Waals surface area contributed by atoms with Gasteiger partial charge in [0.2, 0.25) is 0 Å². The van der Waals surface area contributed by atoms with Crippen molar-refractivity contribution in [2.45, 2.75) is 45.7 Å². The molecule has 0 aliphatic heterocycles. The van der Waals surface area contributed by atoms with Crippen molar-refractivity contribution in [2.75, 3.05) is 13.6 Å². The Labute approximate surface area is 106 Å². The molecule has 0 aromatic heterocycles. The summed E-state index contributed by atoms with van der Waals surface area (Å²) >= 11 is 0. The number of hydrogen-bond donors (Lipinski definition) is 1. The van der Waals surface area contributed by atoms with E-state index in [2.05, 4.69) is 57.0 Å². The van der Waals surface area contributed by atoms with Gasteiger partial charge in [0.1, 0.15) is 0 Å². The van der Waals surface area contributed by atoms with E-state index in [1.165, 1.54) is 24.0 Å². The van der Waals surface area contributed by atoms with Gasteiger partial charge in [-0.25, -0.2) is 0 Å². The topological polar surface area (TPSA) is 29.3 Å². The molecule has 2 heteroatoms. The maximum absolute atomic E-state index is 5.95. The van der Waals surface area contributed by atoms with E-state index in [9.17, 15) is 0 Å². The van der Waals surface area contributed by atoms with Gasteiger partial charge in [-0.15, -0.1) is 0 Å². The summed E-state index contributed by atoms with van der Waals surface area (Å²) in [4.78, 5) is 2.42. The van der Waals surface area contributed by atoms with Crippen molar-refractivity contribution in [3.63, 3.8) is 0 Å². The lowest BCUT2D eigenvalue weighted by molar-refractivity contribution is 0.168. The van der Waals surface area contributed by atoms with E-state index in [0.717, 1.165) is 0 Å². The van der Waals surface area contributed by atoms with Crippen LogP contribution in [0, 0.1) is 6.92 Å². The summed E-state index contributed by atoms with van der Waals surface area (Å²) in [7, 11) is 2.19. The Morgan fingerprint density at radius 1 is 1.12 bits per heavy atom. The lowest BCUT2D eigenvalue weighted by Crippen LogP contribution is -2.38. The fraction of sp³-hybridized carbons (Fsp3) is 0.600. The molecular formula is C15H26N2. The Balaban J connectivity index is 2.86. The number of benzene rings is 1. The Hall–Kier alpha value is -0.860. The highest BCUT2D eigenvalue weighted by Gasteiger charge is 2.20. The maximum atomic E-state index is 5.95. The van der Waals surface area contributed by atoms with Crippen LogP contribution in [0.4, 0.5) is 0 Å². The molecule has 2 N–H and O–H groups in total. The third kappa shape index (κ3) is 3.55. The van der Waals surface area contributed by atoms with Crippen molar-refractivity contribution in [3.05, 3.63) is 35.4 Å². The van der Waals surface area contributed by atoms with Crippen LogP contribution in [0.3, 0.4) is 0 Å². The standard InChI is InChI=1S/C15H26N2/c1-5-14(6-2)17(4)15(11-16)13-9-7-12(3)8-10-13/h7-10,14-15H,5-6,11,16H2,1-4H3. The zero-order valence-corrected chi connectivity index (χ0v) is 11.6. The van der Waals surface area contributed by atoms with E-state index < -0.39 is 0 Å². The van der Waals surface area contributed by atoms with Crippen LogP contribution < -0.4 is 5.73 Å². The fourth-order valence-electron chi connectivity index (χ4n) is 2.45. The highest BCUT2D eigenvalue weighted by molar-refractivity contribution is 5.24. The molecule has 0 aliphatic carbocycles. The Morgan fingerprint density at radius 2 is 1.65 bits per heavy atom. The first-order valence-electron chi connectivity index (χ1n) is 6.62. The van der Waals surface area contributed by atoms with Gasteiger partial charge >= 0.3 is 0 Å². The zero-order valence-electron chi connectivity index (χ0n) is 11.6. The van der Waals surface area contributed by atoms with Crippen LogP contribution in [-0.2, 0) is 0 Å². The third-order valence-electron chi connectivity index (χ3n) is 3.70. The van der Waals surface area contributed by atoms with Crippen LogP contribution in [0.5, 0.6) is 0 Å². The number of nitrogens with two attached hydrogens (primary N) is 1. The highest BCUT2D eigenvalue weighted by atomic mass is 15.2. The first-order chi connectivity index (χ1) is 8.13. The smallest absolute Gasteiger partial charge is 0.0470 e. The van der Waals surface area contributed by atoms with Crippen molar-refractivity contribution in [2.24, 2.45) is 5.73 Å². The minimum atomic E-state index is 0.334. The average molecular weight is 234 g/mol. The minimum Gasteiger partial charge on any atom is -0.329 e. The molecule has 0 bridgehead atoms. The molecule has 0 saturated heterocycles. The van der Waals surface area contributed by atoms with E-state index in [1.54, 1.807) is 0 Å². The Kier molecular flexibility index (Phi) is 5.66. The molecule has 0 aliphatic rings. The number of nitrogens with zero attached hydrogens (tertiary/aromatic N) is 1. The summed E-state index contributed by atoms with van der Waals surface area (Å²) in [6.45, 7) is 7.28. The molecule has 0 heterocycles. The van der Waals surface area contributed by atoms with Gasteiger partial charge in [-0.2, -0.15) is 0 Å². The molecule has 96 valence electrons. The first kappa shape index (κ1) is 14.2. The predicted molar refractivity (Wildman–Crippen MR) is 75.1 cm³/mol. The Bertz CT molecular complexity index is 314. The summed E-state index contributed by atoms with van der Waals surface area (Å²) in [5.41, 5.74) is 8.58. The highest BCUT2D eigenvalue weighted by Crippen LogP contribution is 2.23. The van der Waals surface area contributed by atoms with Crippen LogP contribution in [0.15, 0.2) is 24.3 Å². The van der Waals surface area contributed by atoms with Crippen molar-refractivity contribution in [1.82, 2.24) is 4.90 Å². The third-order valence-corrected chi connectivity index (χ3v) is 3.70. The SMILES string of the molecule is CCC(CC)N(C)C(CN)c1ccc(C)cc1. The first-order valence-corrected chi connectivity index (χ1v) is 6.62. The van der Waals surface area contributed by atoms with Crippen molar-refractivity contribution in [1.29, 1.82) is 0 Å². The lowest BCUT2D eigenvalue weighted by Gasteiger charge is -2.34. The molecule has 1 aromatic carbocycles. The molecule has 1 atom stereocenters. The van der Waals surface area contributed by atoms with Crippen LogP contribution >= 0.6 is 0 Å². The summed E-state index contributed by atoms with van der Waals surface area (Å²) in [6, 6.07) is 9.68. The molecule has 1 rings (SSSR count). The fourth-order valence-corrected chi connectivity index (χ4v) is 2.45. The molecular weight excluding hydrogens is 208 g/mol. The van der Waals surface area contributed by atoms with E-state index >= 15 is 0 Å². The van der Waals surface area contributed by atoms with E-state index in [4.69, 9.17) is 5.73 Å². The van der Waals surface area contributed by atoms with Gasteiger partial charge in [0.25, 0.3) is 0 Å². The molecule has 1 aromatic rings. The summed E-state index contributed by atoms with van der Waals surface area (Å²) in [5, 5.41) is 0. The van der Waals surface area contributed by atoms with Crippen LogP contribution in [0.2, 0.25) is 0 Å². The van der Waals surface area contributed by atoms with Crippen LogP contribution in [0.25, 0.3) is 0 Å². The van der Waals surface area contributed by atoms with Crippen LogP contribution in [-0.4, -0.2) is 24.5 Å². The lowest BCUT2D eigenvalue weighted by atomic mass is 10.0. The second kappa shape index (κ2) is 6.77. The van der Waals surface area contributed by atoms with E-state index in [0.29, 0.717) is 18.6 Å². The predicted octanol–water partition coefficient (Wildman–Crippen LogP) is 3.12. The molecule has 0 spiro atoms. The van der Waals surface area contributed by atoms with Crippen molar-refractivity contribution >= 4 is 0 Å². The molecule has 0 fully saturated rings. The van der Waals surface area contributed by atoms with Gasteiger partial charge in [0.15, 0.2) is 0 Å². The van der Waals surface area contributed by atoms with E-state index in [1.807, 2.05) is 0 Å². The number of likely N-dealkylation sites (N-methyl/N-ethyl adjacent to an activating group) is 1. The zero-order chi connectivity index (χ0) is 12.8. The molecule has 0 saturated carbocycles. The van der Waals surface area contributed by atoms with E-state index in [-0.39, 0.29) is 0 Å². The summed E-state index contributed by atoms with van der Waals surface area (Å²) in [5.74, 6) is 0. The second-order valence-corrected chi connectivity index (χ2v) is 4.80.